The van der Waals surface area contributed by atoms with Gasteiger partial charge in [-0.1, -0.05) is 216 Å². The summed E-state index contributed by atoms with van der Waals surface area (Å²) in [7, 11) is -2.27. The minimum Gasteiger partial charge on any atom is -0.871 e. The quantitative estimate of drug-likeness (QED) is 0.0183. The van der Waals surface area contributed by atoms with Crippen molar-refractivity contribution in [2.45, 2.75) is 176 Å². The van der Waals surface area contributed by atoms with Crippen molar-refractivity contribution >= 4 is 39.6 Å². The highest BCUT2D eigenvalue weighted by atomic mass is 16.6. The van der Waals surface area contributed by atoms with Gasteiger partial charge in [-0.05, 0) is 131 Å². The number of unbranched alkanes of at least 4 members (excludes halogenated alkanes) is 8. The molecule has 0 bridgehead atoms. The molecule has 0 aliphatic rings. The lowest BCUT2D eigenvalue weighted by atomic mass is 9.66. The Kier molecular flexibility index (Phi) is 28.3. The summed E-state index contributed by atoms with van der Waals surface area (Å²) in [5.74, 6) is 0. The molecule has 6 rings (SSSR count). The summed E-state index contributed by atoms with van der Waals surface area (Å²) in [5.41, 5.74) is 2.98. The molecule has 6 aromatic carbocycles. The van der Waals surface area contributed by atoms with Crippen molar-refractivity contribution < 1.29 is 23.7 Å². The SMILES string of the molecule is CCCC[N+](CCCC)(CCCC)CCCC.CCCC[N+](CCCC)(CCCC)CCCC.[O-]B([O-])OCCCC(c1ccc2ccccc2c1)(c1ccc2ccccc2c1)c1ccc2ccccc2c1. The summed E-state index contributed by atoms with van der Waals surface area (Å²) < 4.78 is 7.78. The summed E-state index contributed by atoms with van der Waals surface area (Å²) in [5, 5.41) is 29.3. The highest BCUT2D eigenvalue weighted by Crippen LogP contribution is 2.45. The maximum atomic E-state index is 11.1. The van der Waals surface area contributed by atoms with E-state index in [1.807, 2.05) is 0 Å². The van der Waals surface area contributed by atoms with E-state index in [1.165, 1.54) is 213 Å². The fourth-order valence-electron chi connectivity index (χ4n) is 11.1. The van der Waals surface area contributed by atoms with Crippen LogP contribution >= 0.6 is 0 Å². The van der Waals surface area contributed by atoms with Gasteiger partial charge in [0.25, 0.3) is 0 Å². The first-order valence-corrected chi connectivity index (χ1v) is 29.2. The second-order valence-corrected chi connectivity index (χ2v) is 21.2. The van der Waals surface area contributed by atoms with Crippen LogP contribution in [0.15, 0.2) is 127 Å². The average molecular weight is 979 g/mol. The zero-order valence-electron chi connectivity index (χ0n) is 46.9. The van der Waals surface area contributed by atoms with Crippen molar-refractivity contribution in [3.63, 3.8) is 0 Å². The molecule has 0 atom stereocenters. The van der Waals surface area contributed by atoms with Gasteiger partial charge in [-0.25, -0.2) is 0 Å². The Morgan fingerprint density at radius 2 is 0.597 bits per heavy atom. The third-order valence-electron chi connectivity index (χ3n) is 15.6. The molecule has 0 aliphatic carbocycles. The predicted octanol–water partition coefficient (Wildman–Crippen LogP) is 16.0. The Morgan fingerprint density at radius 1 is 0.347 bits per heavy atom. The number of quaternary nitrogens is 2. The molecular weight excluding hydrogens is 880 g/mol. The summed E-state index contributed by atoms with van der Waals surface area (Å²) >= 11 is 0. The van der Waals surface area contributed by atoms with Crippen molar-refractivity contribution in [1.29, 1.82) is 0 Å². The highest BCUT2D eigenvalue weighted by molar-refractivity contribution is 6.28. The van der Waals surface area contributed by atoms with E-state index in [-0.39, 0.29) is 6.61 Å². The zero-order valence-corrected chi connectivity index (χ0v) is 46.9. The van der Waals surface area contributed by atoms with E-state index in [2.05, 4.69) is 183 Å². The Bertz CT molecular complexity index is 2060. The van der Waals surface area contributed by atoms with Gasteiger partial charge in [0.15, 0.2) is 0 Å². The fraction of sp³-hybridized carbons (Fsp3) is 0.545. The van der Waals surface area contributed by atoms with E-state index in [9.17, 15) is 10.0 Å². The van der Waals surface area contributed by atoms with Crippen molar-refractivity contribution in [3.05, 3.63) is 144 Å². The molecule has 72 heavy (non-hydrogen) atoms. The van der Waals surface area contributed by atoms with Gasteiger partial charge < -0.3 is 23.7 Å². The third-order valence-corrected chi connectivity index (χ3v) is 15.6. The molecular formula is C66H99BN2O3. The third kappa shape index (κ3) is 18.7. The lowest BCUT2D eigenvalue weighted by molar-refractivity contribution is -0.929. The van der Waals surface area contributed by atoms with Gasteiger partial charge >= 0.3 is 0 Å². The van der Waals surface area contributed by atoms with Crippen molar-refractivity contribution in [2.75, 3.05) is 59.0 Å². The molecule has 0 N–H and O–H groups in total. The molecule has 394 valence electrons. The summed E-state index contributed by atoms with van der Waals surface area (Å²) in [6, 6.07) is 45.2. The summed E-state index contributed by atoms with van der Waals surface area (Å²) in [6.07, 6.45) is 23.4. The van der Waals surface area contributed by atoms with Gasteiger partial charge in [-0.3, -0.25) is 0 Å². The van der Waals surface area contributed by atoms with Gasteiger partial charge in [0.05, 0.1) is 59.7 Å². The first-order valence-electron chi connectivity index (χ1n) is 29.2. The molecule has 6 aromatic rings. The summed E-state index contributed by atoms with van der Waals surface area (Å²) in [4.78, 5) is 0. The second-order valence-electron chi connectivity index (χ2n) is 21.2. The standard InChI is InChI=1S/C34H27BO3.2C16H36N/c36-35(37)38-21-7-20-34(31-17-14-25-8-1-4-11-28(25)22-31,32-18-15-26-9-2-5-12-29(26)23-32)33-19-16-27-10-3-6-13-30(27)24-33;2*1-5-9-13-17(14-10-6-2,15-11-7-3)16-12-8-4/h1-6,8-19,22-24H,7,20-21H2;2*5-16H2,1-4H3/q-2;2*+1. The van der Waals surface area contributed by atoms with Crippen LogP contribution in [-0.4, -0.2) is 75.3 Å². The van der Waals surface area contributed by atoms with Crippen molar-refractivity contribution in [1.82, 2.24) is 0 Å². The number of nitrogens with zero attached hydrogens (tertiary/aromatic N) is 2. The molecule has 0 radical (unpaired) electrons. The largest absolute Gasteiger partial charge is 0.871 e. The minimum absolute atomic E-state index is 0.119. The molecule has 0 heterocycles. The van der Waals surface area contributed by atoms with Crippen molar-refractivity contribution in [2.24, 2.45) is 0 Å². The van der Waals surface area contributed by atoms with Gasteiger partial charge in [0.1, 0.15) is 0 Å². The number of rotatable bonds is 32. The topological polar surface area (TPSA) is 55.3 Å². The highest BCUT2D eigenvalue weighted by Gasteiger charge is 2.37. The monoisotopic (exact) mass is 979 g/mol. The number of hydrogen-bond donors (Lipinski definition) is 0. The maximum Gasteiger partial charge on any atom is 0.0786 e. The Labute approximate surface area is 440 Å². The van der Waals surface area contributed by atoms with Crippen LogP contribution < -0.4 is 10.0 Å². The molecule has 0 unspecified atom stereocenters. The van der Waals surface area contributed by atoms with Crippen LogP contribution in [0.2, 0.25) is 0 Å². The molecule has 0 fully saturated rings. The van der Waals surface area contributed by atoms with Crippen LogP contribution in [-0.2, 0) is 10.1 Å². The van der Waals surface area contributed by atoms with E-state index in [0.29, 0.717) is 12.8 Å². The molecule has 0 saturated carbocycles. The van der Waals surface area contributed by atoms with E-state index >= 15 is 0 Å². The van der Waals surface area contributed by atoms with Gasteiger partial charge in [0, 0.05) is 12.0 Å². The van der Waals surface area contributed by atoms with Crippen LogP contribution in [0.25, 0.3) is 32.3 Å². The smallest absolute Gasteiger partial charge is 0.0786 e. The molecule has 0 amide bonds. The van der Waals surface area contributed by atoms with E-state index < -0.39 is 12.7 Å². The molecule has 0 aromatic heterocycles. The lowest BCUT2D eigenvalue weighted by Gasteiger charge is -2.39. The van der Waals surface area contributed by atoms with E-state index in [0.717, 1.165) is 0 Å². The average Bonchev–Trinajstić information content (AvgIpc) is 3.42. The van der Waals surface area contributed by atoms with E-state index in [4.69, 9.17) is 4.65 Å². The molecule has 6 heteroatoms. The van der Waals surface area contributed by atoms with Crippen LogP contribution in [0, 0.1) is 0 Å². The minimum atomic E-state index is -2.27. The molecule has 0 saturated heterocycles. The lowest BCUT2D eigenvalue weighted by Crippen LogP contribution is -2.50. The summed E-state index contributed by atoms with van der Waals surface area (Å²) in [6.45, 7) is 30.2. The maximum absolute atomic E-state index is 11.1. The fourth-order valence-corrected chi connectivity index (χ4v) is 11.1. The van der Waals surface area contributed by atoms with Gasteiger partial charge in [0.2, 0.25) is 0 Å². The van der Waals surface area contributed by atoms with Crippen LogP contribution in [0.4, 0.5) is 0 Å². The number of fused-ring (bicyclic) bond motifs is 3. The Balaban J connectivity index is 0.000000277. The van der Waals surface area contributed by atoms with Crippen LogP contribution in [0.5, 0.6) is 0 Å². The zero-order chi connectivity index (χ0) is 51.9. The predicted molar refractivity (Wildman–Crippen MR) is 311 cm³/mol. The molecule has 0 spiro atoms. The molecule has 0 aliphatic heterocycles. The van der Waals surface area contributed by atoms with Crippen LogP contribution in [0.1, 0.15) is 188 Å². The first kappa shape index (κ1) is 60.5. The van der Waals surface area contributed by atoms with Crippen LogP contribution in [0.3, 0.4) is 0 Å². The Morgan fingerprint density at radius 3 is 0.833 bits per heavy atom. The second kappa shape index (κ2) is 33.7. The van der Waals surface area contributed by atoms with Gasteiger partial charge in [-0.15, -0.1) is 0 Å². The van der Waals surface area contributed by atoms with Gasteiger partial charge in [-0.2, -0.15) is 0 Å². The first-order chi connectivity index (χ1) is 35.1. The normalized spacial score (nSPS) is 11.9. The molecule has 5 nitrogen and oxygen atoms in total. The Hall–Kier alpha value is -4.04. The number of benzene rings is 6. The van der Waals surface area contributed by atoms with E-state index in [1.54, 1.807) is 0 Å². The van der Waals surface area contributed by atoms with Crippen molar-refractivity contribution in [3.8, 4) is 0 Å². The number of hydrogen-bond acceptors (Lipinski definition) is 3.